The summed E-state index contributed by atoms with van der Waals surface area (Å²) in [7, 11) is 1.68. The number of aryl methyl sites for hydroxylation is 1. The normalized spacial score (nSPS) is 12.6. The molecular weight excluding hydrogens is 246 g/mol. The molecule has 1 amide bonds. The SMILES string of the molecule is Cc1cc(=O)n2[nH]cc(C(=O)N(C)C(C)CN)c2n1. The molecule has 1 atom stereocenters. The van der Waals surface area contributed by atoms with Gasteiger partial charge in [-0.25, -0.2) is 9.50 Å². The first-order valence-electron chi connectivity index (χ1n) is 6.00. The van der Waals surface area contributed by atoms with Gasteiger partial charge in [0.25, 0.3) is 11.5 Å². The van der Waals surface area contributed by atoms with Crippen LogP contribution in [0.3, 0.4) is 0 Å². The zero-order valence-electron chi connectivity index (χ0n) is 11.2. The molecule has 2 heterocycles. The fourth-order valence-corrected chi connectivity index (χ4v) is 1.80. The highest BCUT2D eigenvalue weighted by Gasteiger charge is 2.21. The number of H-pyrrole nitrogens is 1. The number of nitrogens with one attached hydrogen (secondary N) is 1. The number of aromatic nitrogens is 3. The van der Waals surface area contributed by atoms with Crippen molar-refractivity contribution in [1.29, 1.82) is 0 Å². The average molecular weight is 263 g/mol. The number of nitrogens with zero attached hydrogens (tertiary/aromatic N) is 3. The lowest BCUT2D eigenvalue weighted by molar-refractivity contribution is 0.0750. The van der Waals surface area contributed by atoms with Crippen LogP contribution in [-0.4, -0.2) is 45.0 Å². The quantitative estimate of drug-likeness (QED) is 0.798. The molecule has 3 N–H and O–H groups in total. The number of hydrogen-bond acceptors (Lipinski definition) is 4. The van der Waals surface area contributed by atoms with Gasteiger partial charge in [0.2, 0.25) is 0 Å². The van der Waals surface area contributed by atoms with Gasteiger partial charge >= 0.3 is 0 Å². The highest BCUT2D eigenvalue weighted by Crippen LogP contribution is 2.10. The summed E-state index contributed by atoms with van der Waals surface area (Å²) in [4.78, 5) is 29.9. The van der Waals surface area contributed by atoms with Crippen molar-refractivity contribution in [2.45, 2.75) is 19.9 Å². The van der Waals surface area contributed by atoms with Crippen molar-refractivity contribution < 1.29 is 4.79 Å². The maximum Gasteiger partial charge on any atom is 0.272 e. The third kappa shape index (κ3) is 2.24. The van der Waals surface area contributed by atoms with E-state index in [1.54, 1.807) is 14.0 Å². The highest BCUT2D eigenvalue weighted by atomic mass is 16.2. The summed E-state index contributed by atoms with van der Waals surface area (Å²) in [5, 5.41) is 2.74. The van der Waals surface area contributed by atoms with Gasteiger partial charge in [-0.05, 0) is 13.8 Å². The Morgan fingerprint density at radius 3 is 2.95 bits per heavy atom. The molecule has 0 aromatic carbocycles. The number of aromatic amines is 1. The summed E-state index contributed by atoms with van der Waals surface area (Å²) in [5.74, 6) is -0.214. The van der Waals surface area contributed by atoms with E-state index in [1.165, 1.54) is 21.7 Å². The largest absolute Gasteiger partial charge is 0.338 e. The van der Waals surface area contributed by atoms with Gasteiger partial charge in [-0.2, -0.15) is 0 Å². The zero-order valence-corrected chi connectivity index (χ0v) is 11.2. The van der Waals surface area contributed by atoms with E-state index in [-0.39, 0.29) is 17.5 Å². The van der Waals surface area contributed by atoms with Crippen LogP contribution in [0.1, 0.15) is 23.0 Å². The number of carbonyl (C=O) groups is 1. The number of amides is 1. The van der Waals surface area contributed by atoms with Crippen molar-refractivity contribution in [1.82, 2.24) is 19.5 Å². The molecule has 0 radical (unpaired) electrons. The van der Waals surface area contributed by atoms with Crippen LogP contribution in [0.2, 0.25) is 0 Å². The molecule has 0 saturated carbocycles. The predicted molar refractivity (Wildman–Crippen MR) is 71.2 cm³/mol. The number of nitrogens with two attached hydrogens (primary N) is 1. The van der Waals surface area contributed by atoms with Crippen molar-refractivity contribution in [3.05, 3.63) is 33.9 Å². The molecule has 1 unspecified atom stereocenters. The van der Waals surface area contributed by atoms with Crippen molar-refractivity contribution >= 4 is 11.6 Å². The number of hydrogen-bond donors (Lipinski definition) is 2. The van der Waals surface area contributed by atoms with Gasteiger partial charge in [0, 0.05) is 37.6 Å². The molecule has 0 saturated heterocycles. The molecule has 0 fully saturated rings. The van der Waals surface area contributed by atoms with E-state index in [4.69, 9.17) is 5.73 Å². The summed E-state index contributed by atoms with van der Waals surface area (Å²) in [5.41, 5.74) is 6.59. The Balaban J connectivity index is 2.52. The van der Waals surface area contributed by atoms with Crippen LogP contribution >= 0.6 is 0 Å². The molecule has 2 aromatic rings. The van der Waals surface area contributed by atoms with E-state index in [9.17, 15) is 9.59 Å². The van der Waals surface area contributed by atoms with Gasteiger partial charge < -0.3 is 10.6 Å². The first-order valence-corrected chi connectivity index (χ1v) is 6.00. The van der Waals surface area contributed by atoms with Crippen LogP contribution in [0.15, 0.2) is 17.1 Å². The molecule has 0 aliphatic heterocycles. The molecule has 102 valence electrons. The predicted octanol–water partition coefficient (Wildman–Crippen LogP) is -0.250. The van der Waals surface area contributed by atoms with Gasteiger partial charge in [0.1, 0.15) is 5.56 Å². The van der Waals surface area contributed by atoms with Crippen LogP contribution in [0.25, 0.3) is 5.65 Å². The second-order valence-corrected chi connectivity index (χ2v) is 4.58. The fraction of sp³-hybridized carbons (Fsp3) is 0.417. The molecule has 0 spiro atoms. The average Bonchev–Trinajstić information content (AvgIpc) is 2.79. The van der Waals surface area contributed by atoms with Crippen molar-refractivity contribution in [3.8, 4) is 0 Å². The molecule has 0 aliphatic rings. The molecule has 0 bridgehead atoms. The zero-order chi connectivity index (χ0) is 14.2. The van der Waals surface area contributed by atoms with E-state index < -0.39 is 0 Å². The minimum atomic E-state index is -0.240. The summed E-state index contributed by atoms with van der Waals surface area (Å²) in [6.07, 6.45) is 1.49. The van der Waals surface area contributed by atoms with Crippen molar-refractivity contribution in [2.75, 3.05) is 13.6 Å². The summed E-state index contributed by atoms with van der Waals surface area (Å²) < 4.78 is 1.25. The van der Waals surface area contributed by atoms with E-state index in [1.807, 2.05) is 6.92 Å². The number of likely N-dealkylation sites (N-methyl/N-ethyl adjacent to an activating group) is 1. The Hall–Kier alpha value is -2.15. The Bertz CT molecular complexity index is 672. The Labute approximate surface area is 110 Å². The summed E-state index contributed by atoms with van der Waals surface area (Å²) in [6.45, 7) is 3.95. The minimum Gasteiger partial charge on any atom is -0.338 e. The summed E-state index contributed by atoms with van der Waals surface area (Å²) in [6, 6.07) is 1.32. The molecule has 0 aliphatic carbocycles. The molecule has 2 rings (SSSR count). The Morgan fingerprint density at radius 2 is 2.32 bits per heavy atom. The van der Waals surface area contributed by atoms with E-state index in [2.05, 4.69) is 10.1 Å². The lowest BCUT2D eigenvalue weighted by Gasteiger charge is -2.22. The van der Waals surface area contributed by atoms with Gasteiger partial charge in [-0.1, -0.05) is 0 Å². The highest BCUT2D eigenvalue weighted by molar-refractivity contribution is 5.99. The monoisotopic (exact) mass is 263 g/mol. The Kier molecular flexibility index (Phi) is 3.39. The minimum absolute atomic E-state index is 0.0843. The van der Waals surface area contributed by atoms with Crippen LogP contribution in [0.4, 0.5) is 0 Å². The van der Waals surface area contributed by atoms with E-state index >= 15 is 0 Å². The molecule has 2 aromatic heterocycles. The van der Waals surface area contributed by atoms with Gasteiger partial charge in [0.05, 0.1) is 0 Å². The number of carbonyl (C=O) groups excluding carboxylic acids is 1. The smallest absolute Gasteiger partial charge is 0.272 e. The lowest BCUT2D eigenvalue weighted by atomic mass is 10.2. The number of fused-ring (bicyclic) bond motifs is 1. The van der Waals surface area contributed by atoms with E-state index in [0.29, 0.717) is 23.4 Å². The third-order valence-corrected chi connectivity index (χ3v) is 3.18. The van der Waals surface area contributed by atoms with Crippen LogP contribution < -0.4 is 11.3 Å². The summed E-state index contributed by atoms with van der Waals surface area (Å²) >= 11 is 0. The first-order chi connectivity index (χ1) is 8.95. The van der Waals surface area contributed by atoms with E-state index in [0.717, 1.165) is 0 Å². The second-order valence-electron chi connectivity index (χ2n) is 4.58. The standard InChI is InChI=1S/C12H17N5O2/c1-7-4-10(18)17-11(15-7)9(6-14-17)12(19)16(3)8(2)5-13/h4,6,8,14H,5,13H2,1-3H3. The van der Waals surface area contributed by atoms with Crippen LogP contribution in [0, 0.1) is 6.92 Å². The van der Waals surface area contributed by atoms with Gasteiger partial charge in [-0.3, -0.25) is 14.7 Å². The first kappa shape index (κ1) is 13.3. The molecule has 19 heavy (non-hydrogen) atoms. The lowest BCUT2D eigenvalue weighted by Crippen LogP contribution is -2.39. The van der Waals surface area contributed by atoms with Crippen molar-refractivity contribution in [2.24, 2.45) is 5.73 Å². The Morgan fingerprint density at radius 1 is 1.63 bits per heavy atom. The second kappa shape index (κ2) is 4.85. The fourth-order valence-electron chi connectivity index (χ4n) is 1.80. The molecule has 7 nitrogen and oxygen atoms in total. The maximum absolute atomic E-state index is 12.3. The molecular formula is C12H17N5O2. The third-order valence-electron chi connectivity index (χ3n) is 3.18. The topological polar surface area (TPSA) is 96.5 Å². The van der Waals surface area contributed by atoms with Gasteiger partial charge in [0.15, 0.2) is 5.65 Å². The molecule has 7 heteroatoms. The van der Waals surface area contributed by atoms with Crippen LogP contribution in [-0.2, 0) is 0 Å². The maximum atomic E-state index is 12.3. The van der Waals surface area contributed by atoms with Crippen molar-refractivity contribution in [3.63, 3.8) is 0 Å². The van der Waals surface area contributed by atoms with Gasteiger partial charge in [-0.15, -0.1) is 0 Å². The number of rotatable bonds is 3. The van der Waals surface area contributed by atoms with Crippen LogP contribution in [0.5, 0.6) is 0 Å².